The number of aliphatic carboxylic acids is 1. The van der Waals surface area contributed by atoms with Crippen molar-refractivity contribution in [1.82, 2.24) is 9.78 Å². The fraction of sp³-hybridized carbons (Fsp3) is 0.333. The minimum atomic E-state index is -0.810. The molecule has 0 saturated heterocycles. The first-order chi connectivity index (χ1) is 9.40. The van der Waals surface area contributed by atoms with E-state index >= 15 is 0 Å². The average molecular weight is 337 g/mol. The van der Waals surface area contributed by atoms with Gasteiger partial charge in [0.15, 0.2) is 0 Å². The maximum Gasteiger partial charge on any atom is 0.303 e. The zero-order valence-corrected chi connectivity index (χ0v) is 13.4. The minimum Gasteiger partial charge on any atom is -0.481 e. The topological polar surface area (TPSA) is 55.1 Å². The van der Waals surface area contributed by atoms with Crippen molar-refractivity contribution in [3.8, 4) is 11.3 Å². The number of hydrogen-bond donors (Lipinski definition) is 1. The first-order valence-corrected chi connectivity index (χ1v) is 7.20. The van der Waals surface area contributed by atoms with Crippen LogP contribution in [0.25, 0.3) is 11.3 Å². The third kappa shape index (κ3) is 2.93. The van der Waals surface area contributed by atoms with Gasteiger partial charge in [-0.3, -0.25) is 9.48 Å². The normalized spacial score (nSPS) is 10.8. The highest BCUT2D eigenvalue weighted by atomic mass is 79.9. The van der Waals surface area contributed by atoms with Gasteiger partial charge < -0.3 is 5.11 Å². The predicted octanol–water partition coefficient (Wildman–Crippen LogP) is 3.48. The first kappa shape index (κ1) is 14.8. The Bertz CT molecular complexity index is 662. The lowest BCUT2D eigenvalue weighted by Crippen LogP contribution is -1.99. The van der Waals surface area contributed by atoms with Crippen molar-refractivity contribution in [2.24, 2.45) is 7.05 Å². The molecule has 0 aliphatic carbocycles. The zero-order chi connectivity index (χ0) is 14.9. The highest BCUT2D eigenvalue weighted by Gasteiger charge is 2.16. The Morgan fingerprint density at radius 2 is 2.05 bits per heavy atom. The molecule has 106 valence electrons. The molecule has 2 aromatic rings. The van der Waals surface area contributed by atoms with Gasteiger partial charge in [0, 0.05) is 19.0 Å². The van der Waals surface area contributed by atoms with E-state index in [1.807, 2.05) is 7.05 Å². The summed E-state index contributed by atoms with van der Waals surface area (Å²) in [6, 6.07) is 6.27. The van der Waals surface area contributed by atoms with Crippen LogP contribution in [0.5, 0.6) is 0 Å². The fourth-order valence-corrected chi connectivity index (χ4v) is 2.90. The van der Waals surface area contributed by atoms with Gasteiger partial charge in [-0.1, -0.05) is 12.1 Å². The van der Waals surface area contributed by atoms with Crippen molar-refractivity contribution in [1.29, 1.82) is 0 Å². The number of halogens is 1. The van der Waals surface area contributed by atoms with Crippen molar-refractivity contribution in [2.75, 3.05) is 0 Å². The van der Waals surface area contributed by atoms with Crippen LogP contribution in [0.4, 0.5) is 0 Å². The van der Waals surface area contributed by atoms with E-state index in [4.69, 9.17) is 5.11 Å². The molecule has 20 heavy (non-hydrogen) atoms. The molecule has 5 heteroatoms. The van der Waals surface area contributed by atoms with E-state index in [2.05, 4.69) is 53.1 Å². The molecule has 0 aliphatic rings. The Labute approximate surface area is 126 Å². The van der Waals surface area contributed by atoms with Crippen LogP contribution in [0.3, 0.4) is 0 Å². The summed E-state index contributed by atoms with van der Waals surface area (Å²) in [7, 11) is 1.87. The molecule has 0 radical (unpaired) electrons. The van der Waals surface area contributed by atoms with Crippen LogP contribution in [-0.2, 0) is 18.3 Å². The van der Waals surface area contributed by atoms with Crippen molar-refractivity contribution in [3.05, 3.63) is 39.5 Å². The molecule has 1 aromatic heterocycles. The van der Waals surface area contributed by atoms with E-state index in [1.165, 1.54) is 11.1 Å². The summed E-state index contributed by atoms with van der Waals surface area (Å²) in [4.78, 5) is 10.7. The molecular weight excluding hydrogens is 320 g/mol. The summed E-state index contributed by atoms with van der Waals surface area (Å²) in [6.45, 7) is 4.16. The fourth-order valence-electron chi connectivity index (χ4n) is 2.14. The van der Waals surface area contributed by atoms with E-state index in [1.54, 1.807) is 4.68 Å². The van der Waals surface area contributed by atoms with Crippen molar-refractivity contribution in [3.63, 3.8) is 0 Å². The molecule has 0 fully saturated rings. The molecule has 0 aliphatic heterocycles. The second kappa shape index (κ2) is 5.79. The molecule has 0 saturated carbocycles. The van der Waals surface area contributed by atoms with Gasteiger partial charge in [-0.2, -0.15) is 5.10 Å². The van der Waals surface area contributed by atoms with Crippen LogP contribution in [0.15, 0.2) is 22.7 Å². The van der Waals surface area contributed by atoms with Gasteiger partial charge in [0.25, 0.3) is 0 Å². The van der Waals surface area contributed by atoms with Crippen molar-refractivity contribution < 1.29 is 9.90 Å². The van der Waals surface area contributed by atoms with Crippen LogP contribution in [0, 0.1) is 13.8 Å². The molecule has 1 N–H and O–H groups in total. The molecule has 1 aromatic carbocycles. The maximum absolute atomic E-state index is 10.7. The Morgan fingerprint density at radius 1 is 1.35 bits per heavy atom. The average Bonchev–Trinajstić information content (AvgIpc) is 2.65. The van der Waals surface area contributed by atoms with E-state index in [0.717, 1.165) is 21.4 Å². The lowest BCUT2D eigenvalue weighted by atomic mass is 10.0. The van der Waals surface area contributed by atoms with Gasteiger partial charge in [0.05, 0.1) is 22.3 Å². The van der Waals surface area contributed by atoms with Crippen molar-refractivity contribution in [2.45, 2.75) is 26.7 Å². The zero-order valence-electron chi connectivity index (χ0n) is 11.8. The largest absolute Gasteiger partial charge is 0.481 e. The lowest BCUT2D eigenvalue weighted by Gasteiger charge is -2.06. The predicted molar refractivity (Wildman–Crippen MR) is 81.8 cm³/mol. The quantitative estimate of drug-likeness (QED) is 0.929. The Hall–Kier alpha value is -1.62. The maximum atomic E-state index is 10.7. The monoisotopic (exact) mass is 336 g/mol. The van der Waals surface area contributed by atoms with Crippen LogP contribution in [-0.4, -0.2) is 20.9 Å². The van der Waals surface area contributed by atoms with E-state index in [-0.39, 0.29) is 6.42 Å². The lowest BCUT2D eigenvalue weighted by molar-refractivity contribution is -0.136. The van der Waals surface area contributed by atoms with E-state index < -0.39 is 5.97 Å². The molecular formula is C15H17BrN2O2. The summed E-state index contributed by atoms with van der Waals surface area (Å²) in [5, 5.41) is 13.2. The van der Waals surface area contributed by atoms with Gasteiger partial charge in [-0.25, -0.2) is 0 Å². The number of nitrogens with zero attached hydrogens (tertiary/aromatic N) is 2. The Balaban J connectivity index is 2.41. The smallest absolute Gasteiger partial charge is 0.303 e. The Kier molecular flexibility index (Phi) is 4.28. The second-order valence-electron chi connectivity index (χ2n) is 4.93. The Morgan fingerprint density at radius 3 is 2.65 bits per heavy atom. The second-order valence-corrected chi connectivity index (χ2v) is 5.72. The standard InChI is InChI=1S/C15H17BrN2O2/c1-9-4-5-11(8-10(9)2)15-14(16)12(17-18(15)3)6-7-13(19)20/h4-5,8H,6-7H2,1-3H3,(H,19,20). The molecule has 0 spiro atoms. The molecule has 0 amide bonds. The summed E-state index contributed by atoms with van der Waals surface area (Å²) in [5.74, 6) is -0.810. The van der Waals surface area contributed by atoms with Crippen LogP contribution in [0.1, 0.15) is 23.2 Å². The SMILES string of the molecule is Cc1ccc(-c2c(Br)c(CCC(=O)O)nn2C)cc1C. The van der Waals surface area contributed by atoms with Crippen LogP contribution < -0.4 is 0 Å². The number of carboxylic acid groups (broad SMARTS) is 1. The van der Waals surface area contributed by atoms with Gasteiger partial charge in [0.2, 0.25) is 0 Å². The van der Waals surface area contributed by atoms with Crippen LogP contribution in [0.2, 0.25) is 0 Å². The summed E-state index contributed by atoms with van der Waals surface area (Å²) >= 11 is 3.56. The van der Waals surface area contributed by atoms with Gasteiger partial charge in [-0.15, -0.1) is 0 Å². The summed E-state index contributed by atoms with van der Waals surface area (Å²) in [5.41, 5.74) is 5.31. The number of aromatic nitrogens is 2. The number of carbonyl (C=O) groups is 1. The number of rotatable bonds is 4. The minimum absolute atomic E-state index is 0.0853. The summed E-state index contributed by atoms with van der Waals surface area (Å²) < 4.78 is 2.68. The number of aryl methyl sites for hydroxylation is 4. The highest BCUT2D eigenvalue weighted by molar-refractivity contribution is 9.10. The molecule has 2 rings (SSSR count). The number of hydrogen-bond acceptors (Lipinski definition) is 2. The molecule has 0 unspecified atom stereocenters. The van der Waals surface area contributed by atoms with Gasteiger partial charge >= 0.3 is 5.97 Å². The van der Waals surface area contributed by atoms with E-state index in [0.29, 0.717) is 6.42 Å². The molecule has 0 atom stereocenters. The molecule has 1 heterocycles. The van der Waals surface area contributed by atoms with Gasteiger partial charge in [-0.05, 0) is 47.0 Å². The molecule has 0 bridgehead atoms. The number of carboxylic acids is 1. The highest BCUT2D eigenvalue weighted by Crippen LogP contribution is 2.32. The van der Waals surface area contributed by atoms with Crippen molar-refractivity contribution >= 4 is 21.9 Å². The third-order valence-corrected chi connectivity index (χ3v) is 4.24. The van der Waals surface area contributed by atoms with Crippen LogP contribution >= 0.6 is 15.9 Å². The first-order valence-electron chi connectivity index (χ1n) is 6.41. The number of benzene rings is 1. The third-order valence-electron chi connectivity index (χ3n) is 3.41. The molecule has 4 nitrogen and oxygen atoms in total. The van der Waals surface area contributed by atoms with Gasteiger partial charge in [0.1, 0.15) is 0 Å². The van der Waals surface area contributed by atoms with E-state index in [9.17, 15) is 4.79 Å². The summed E-state index contributed by atoms with van der Waals surface area (Å²) in [6.07, 6.45) is 0.510.